The van der Waals surface area contributed by atoms with Gasteiger partial charge in [0.2, 0.25) is 10.0 Å². The van der Waals surface area contributed by atoms with E-state index in [4.69, 9.17) is 16.7 Å². The van der Waals surface area contributed by atoms with Gasteiger partial charge < -0.3 is 5.32 Å². The smallest absolute Gasteiger partial charge is 0.213 e. The van der Waals surface area contributed by atoms with E-state index in [1.54, 1.807) is 12.1 Å². The molecule has 0 aliphatic carbocycles. The fraction of sp³-hybridized carbons (Fsp3) is 0.143. The highest BCUT2D eigenvalue weighted by molar-refractivity contribution is 9.10. The van der Waals surface area contributed by atoms with E-state index in [0.29, 0.717) is 17.1 Å². The number of rotatable bonds is 5. The van der Waals surface area contributed by atoms with Crippen LogP contribution in [-0.2, 0) is 22.3 Å². The van der Waals surface area contributed by atoms with Crippen LogP contribution in [0.4, 0.5) is 5.69 Å². The summed E-state index contributed by atoms with van der Waals surface area (Å²) >= 11 is 9.50. The molecule has 0 radical (unpaired) electrons. The summed E-state index contributed by atoms with van der Waals surface area (Å²) in [4.78, 5) is 0. The van der Waals surface area contributed by atoms with Crippen LogP contribution in [0.2, 0.25) is 5.02 Å². The number of anilines is 1. The van der Waals surface area contributed by atoms with Crippen LogP contribution in [0.1, 0.15) is 11.1 Å². The summed E-state index contributed by atoms with van der Waals surface area (Å²) in [7, 11) is -3.50. The van der Waals surface area contributed by atoms with E-state index in [0.717, 1.165) is 15.7 Å². The van der Waals surface area contributed by atoms with Gasteiger partial charge in [-0.3, -0.25) is 0 Å². The molecular formula is C14H14BrClN2O2S. The molecule has 0 unspecified atom stereocenters. The summed E-state index contributed by atoms with van der Waals surface area (Å²) in [5.74, 6) is -0.161. The summed E-state index contributed by atoms with van der Waals surface area (Å²) in [6.07, 6.45) is 0. The van der Waals surface area contributed by atoms with E-state index in [-0.39, 0.29) is 5.75 Å². The van der Waals surface area contributed by atoms with Crippen molar-refractivity contribution >= 4 is 43.2 Å². The van der Waals surface area contributed by atoms with Gasteiger partial charge in [0.05, 0.1) is 5.75 Å². The van der Waals surface area contributed by atoms with Crippen molar-refractivity contribution in [1.29, 1.82) is 0 Å². The molecule has 0 amide bonds. The maximum atomic E-state index is 11.0. The van der Waals surface area contributed by atoms with Crippen molar-refractivity contribution in [2.75, 3.05) is 5.32 Å². The first-order chi connectivity index (χ1) is 9.83. The van der Waals surface area contributed by atoms with E-state index >= 15 is 0 Å². The van der Waals surface area contributed by atoms with Gasteiger partial charge in [-0.05, 0) is 35.4 Å². The molecule has 112 valence electrons. The Bertz CT molecular complexity index is 733. The van der Waals surface area contributed by atoms with Crippen LogP contribution in [0.3, 0.4) is 0 Å². The van der Waals surface area contributed by atoms with E-state index in [9.17, 15) is 8.42 Å². The van der Waals surface area contributed by atoms with Gasteiger partial charge in [-0.2, -0.15) is 0 Å². The summed E-state index contributed by atoms with van der Waals surface area (Å²) in [6, 6.07) is 12.8. The van der Waals surface area contributed by atoms with Crippen LogP contribution in [0.25, 0.3) is 0 Å². The molecule has 0 aliphatic heterocycles. The van der Waals surface area contributed by atoms with E-state index < -0.39 is 10.0 Å². The lowest BCUT2D eigenvalue weighted by Gasteiger charge is -2.09. The van der Waals surface area contributed by atoms with Crippen molar-refractivity contribution in [3.8, 4) is 0 Å². The Labute approximate surface area is 137 Å². The molecule has 0 heterocycles. The SMILES string of the molecule is NS(=O)(=O)Cc1ccc(NCc2ccc(Br)cc2Cl)cc1. The van der Waals surface area contributed by atoms with Crippen molar-refractivity contribution in [3.63, 3.8) is 0 Å². The highest BCUT2D eigenvalue weighted by Crippen LogP contribution is 2.22. The number of benzene rings is 2. The Morgan fingerprint density at radius 1 is 1.14 bits per heavy atom. The molecule has 0 saturated carbocycles. The molecule has 0 atom stereocenters. The lowest BCUT2D eigenvalue weighted by molar-refractivity contribution is 0.597. The van der Waals surface area contributed by atoms with Gasteiger partial charge >= 0.3 is 0 Å². The van der Waals surface area contributed by atoms with Crippen molar-refractivity contribution in [3.05, 3.63) is 63.1 Å². The number of nitrogens with two attached hydrogens (primary N) is 1. The Morgan fingerprint density at radius 2 is 1.81 bits per heavy atom. The Hall–Kier alpha value is -1.08. The van der Waals surface area contributed by atoms with Gasteiger partial charge in [-0.1, -0.05) is 45.7 Å². The number of hydrogen-bond donors (Lipinski definition) is 2. The minimum Gasteiger partial charge on any atom is -0.381 e. The maximum absolute atomic E-state index is 11.0. The summed E-state index contributed by atoms with van der Waals surface area (Å²) in [5, 5.41) is 8.92. The predicted molar refractivity (Wildman–Crippen MR) is 89.7 cm³/mol. The standard InChI is InChI=1S/C14H14BrClN2O2S/c15-12-4-3-11(14(16)7-12)8-18-13-5-1-10(2-6-13)9-21(17,19)20/h1-7,18H,8-9H2,(H2,17,19,20). The number of hydrogen-bond acceptors (Lipinski definition) is 3. The van der Waals surface area contributed by atoms with Crippen molar-refractivity contribution in [2.24, 2.45) is 5.14 Å². The first-order valence-corrected chi connectivity index (χ1v) is 8.99. The average Bonchev–Trinajstić information content (AvgIpc) is 2.38. The third-order valence-electron chi connectivity index (χ3n) is 2.82. The topological polar surface area (TPSA) is 72.2 Å². The van der Waals surface area contributed by atoms with Crippen molar-refractivity contribution in [2.45, 2.75) is 12.3 Å². The van der Waals surface area contributed by atoms with E-state index in [2.05, 4.69) is 21.2 Å². The summed E-state index contributed by atoms with van der Waals surface area (Å²) in [6.45, 7) is 0.584. The van der Waals surface area contributed by atoms with Gasteiger partial charge in [0.25, 0.3) is 0 Å². The third-order valence-corrected chi connectivity index (χ3v) is 4.40. The molecule has 21 heavy (non-hydrogen) atoms. The first kappa shape index (κ1) is 16.3. The molecule has 0 fully saturated rings. The quantitative estimate of drug-likeness (QED) is 0.822. The Balaban J connectivity index is 2.00. The minimum absolute atomic E-state index is 0.161. The number of nitrogens with one attached hydrogen (secondary N) is 1. The molecule has 0 aromatic heterocycles. The second-order valence-electron chi connectivity index (χ2n) is 4.59. The molecule has 2 rings (SSSR count). The number of primary sulfonamides is 1. The van der Waals surface area contributed by atoms with Crippen LogP contribution in [0, 0.1) is 0 Å². The fourth-order valence-electron chi connectivity index (χ4n) is 1.81. The second-order valence-corrected chi connectivity index (χ2v) is 7.53. The molecule has 0 bridgehead atoms. The molecule has 0 spiro atoms. The van der Waals surface area contributed by atoms with Gasteiger partial charge in [0.15, 0.2) is 0 Å². The molecule has 0 aliphatic rings. The zero-order valence-corrected chi connectivity index (χ0v) is 14.2. The highest BCUT2D eigenvalue weighted by atomic mass is 79.9. The van der Waals surface area contributed by atoms with E-state index in [1.165, 1.54) is 0 Å². The number of sulfonamides is 1. The fourth-order valence-corrected chi connectivity index (χ4v) is 3.21. The second kappa shape index (κ2) is 6.79. The van der Waals surface area contributed by atoms with Gasteiger partial charge in [-0.15, -0.1) is 0 Å². The van der Waals surface area contributed by atoms with Gasteiger partial charge in [0, 0.05) is 21.7 Å². The Morgan fingerprint density at radius 3 is 2.38 bits per heavy atom. The average molecular weight is 390 g/mol. The zero-order valence-electron chi connectivity index (χ0n) is 11.0. The lowest BCUT2D eigenvalue weighted by Crippen LogP contribution is -2.14. The van der Waals surface area contributed by atoms with Crippen LogP contribution < -0.4 is 10.5 Å². The predicted octanol–water partition coefficient (Wildman–Crippen LogP) is 3.50. The molecule has 0 saturated heterocycles. The molecule has 3 N–H and O–H groups in total. The van der Waals surface area contributed by atoms with Crippen LogP contribution in [-0.4, -0.2) is 8.42 Å². The molecule has 7 heteroatoms. The van der Waals surface area contributed by atoms with Crippen molar-refractivity contribution < 1.29 is 8.42 Å². The van der Waals surface area contributed by atoms with Crippen molar-refractivity contribution in [1.82, 2.24) is 0 Å². The monoisotopic (exact) mass is 388 g/mol. The molecule has 2 aromatic carbocycles. The van der Waals surface area contributed by atoms with Gasteiger partial charge in [0.1, 0.15) is 0 Å². The highest BCUT2D eigenvalue weighted by Gasteiger charge is 2.05. The molecule has 2 aromatic rings. The minimum atomic E-state index is -3.50. The summed E-state index contributed by atoms with van der Waals surface area (Å²) in [5.41, 5.74) is 2.52. The zero-order chi connectivity index (χ0) is 15.5. The molecular weight excluding hydrogens is 376 g/mol. The van der Waals surface area contributed by atoms with Gasteiger partial charge in [-0.25, -0.2) is 13.6 Å². The first-order valence-electron chi connectivity index (χ1n) is 6.11. The largest absolute Gasteiger partial charge is 0.381 e. The lowest BCUT2D eigenvalue weighted by atomic mass is 10.2. The van der Waals surface area contributed by atoms with E-state index in [1.807, 2.05) is 30.3 Å². The number of halogens is 2. The van der Waals surface area contributed by atoms with Crippen LogP contribution in [0.5, 0.6) is 0 Å². The summed E-state index contributed by atoms with van der Waals surface area (Å²) < 4.78 is 22.9. The van der Waals surface area contributed by atoms with Crippen LogP contribution >= 0.6 is 27.5 Å². The normalized spacial score (nSPS) is 11.4. The Kier molecular flexibility index (Phi) is 5.27. The maximum Gasteiger partial charge on any atom is 0.213 e. The van der Waals surface area contributed by atoms with Crippen LogP contribution in [0.15, 0.2) is 46.9 Å². The molecule has 4 nitrogen and oxygen atoms in total. The third kappa shape index (κ3) is 5.32.